The van der Waals surface area contributed by atoms with E-state index in [1.807, 2.05) is 12.1 Å². The Morgan fingerprint density at radius 1 is 0.905 bits per heavy atom. The number of nitrogens with one attached hydrogen (secondary N) is 1. The standard InChI is InChI=1S/C19H25NO/c1-15(17-7-5-4-6-8-17)13-14-20-16(2)18-9-11-19(21-3)12-10-18/h4-12,15-16,20H,13-14H2,1-3H3/t15?,16-/m1/s1. The normalized spacial score (nSPS) is 13.7. The summed E-state index contributed by atoms with van der Waals surface area (Å²) in [5.74, 6) is 1.49. The summed E-state index contributed by atoms with van der Waals surface area (Å²) >= 11 is 0. The molecule has 0 radical (unpaired) electrons. The maximum absolute atomic E-state index is 5.19. The van der Waals surface area contributed by atoms with Gasteiger partial charge in [0.2, 0.25) is 0 Å². The van der Waals surface area contributed by atoms with Gasteiger partial charge in [-0.3, -0.25) is 0 Å². The van der Waals surface area contributed by atoms with Crippen LogP contribution in [0.1, 0.15) is 43.4 Å². The molecule has 2 rings (SSSR count). The highest BCUT2D eigenvalue weighted by Gasteiger charge is 2.07. The molecule has 2 heteroatoms. The van der Waals surface area contributed by atoms with Crippen LogP contribution in [0, 0.1) is 0 Å². The maximum Gasteiger partial charge on any atom is 0.118 e. The fourth-order valence-corrected chi connectivity index (χ4v) is 2.48. The molecular formula is C19H25NO. The van der Waals surface area contributed by atoms with E-state index in [9.17, 15) is 0 Å². The number of benzene rings is 2. The van der Waals surface area contributed by atoms with Crippen molar-refractivity contribution in [3.8, 4) is 5.75 Å². The third kappa shape index (κ3) is 4.61. The van der Waals surface area contributed by atoms with Gasteiger partial charge in [0.25, 0.3) is 0 Å². The Hall–Kier alpha value is -1.80. The third-order valence-corrected chi connectivity index (χ3v) is 4.01. The second-order valence-electron chi connectivity index (χ2n) is 5.55. The molecular weight excluding hydrogens is 258 g/mol. The highest BCUT2D eigenvalue weighted by Crippen LogP contribution is 2.20. The molecule has 0 amide bonds. The first-order valence-electron chi connectivity index (χ1n) is 7.63. The fourth-order valence-electron chi connectivity index (χ4n) is 2.48. The maximum atomic E-state index is 5.19. The number of hydrogen-bond donors (Lipinski definition) is 1. The average Bonchev–Trinajstić information content (AvgIpc) is 2.55. The van der Waals surface area contributed by atoms with E-state index in [2.05, 4.69) is 61.6 Å². The van der Waals surface area contributed by atoms with Crippen LogP contribution in [0.25, 0.3) is 0 Å². The molecule has 0 aliphatic carbocycles. The van der Waals surface area contributed by atoms with E-state index in [0.29, 0.717) is 12.0 Å². The molecule has 0 saturated heterocycles. The van der Waals surface area contributed by atoms with Crippen LogP contribution in [0.3, 0.4) is 0 Å². The van der Waals surface area contributed by atoms with Crippen molar-refractivity contribution in [2.24, 2.45) is 0 Å². The van der Waals surface area contributed by atoms with E-state index in [4.69, 9.17) is 4.74 Å². The summed E-state index contributed by atoms with van der Waals surface area (Å²) in [4.78, 5) is 0. The van der Waals surface area contributed by atoms with Crippen LogP contribution >= 0.6 is 0 Å². The van der Waals surface area contributed by atoms with Crippen LogP contribution in [0.5, 0.6) is 5.75 Å². The zero-order valence-corrected chi connectivity index (χ0v) is 13.2. The number of methoxy groups -OCH3 is 1. The summed E-state index contributed by atoms with van der Waals surface area (Å²) < 4.78 is 5.19. The highest BCUT2D eigenvalue weighted by molar-refractivity contribution is 5.28. The lowest BCUT2D eigenvalue weighted by atomic mass is 9.97. The largest absolute Gasteiger partial charge is 0.497 e. The SMILES string of the molecule is COc1ccc([C@@H](C)NCCC(C)c2ccccc2)cc1. The molecule has 2 atom stereocenters. The quantitative estimate of drug-likeness (QED) is 0.805. The summed E-state index contributed by atoms with van der Waals surface area (Å²) in [6.45, 7) is 5.51. The molecule has 0 aliphatic rings. The number of ether oxygens (including phenoxy) is 1. The van der Waals surface area contributed by atoms with Gasteiger partial charge in [-0.2, -0.15) is 0 Å². The smallest absolute Gasteiger partial charge is 0.118 e. The summed E-state index contributed by atoms with van der Waals surface area (Å²) in [6.07, 6.45) is 1.14. The van der Waals surface area contributed by atoms with Crippen LogP contribution in [0.2, 0.25) is 0 Å². The molecule has 0 spiro atoms. The predicted molar refractivity (Wildman–Crippen MR) is 88.9 cm³/mol. The van der Waals surface area contributed by atoms with Crippen LogP contribution in [-0.2, 0) is 0 Å². The van der Waals surface area contributed by atoms with E-state index < -0.39 is 0 Å². The third-order valence-electron chi connectivity index (χ3n) is 4.01. The molecule has 112 valence electrons. The molecule has 0 fully saturated rings. The molecule has 0 aliphatic heterocycles. The van der Waals surface area contributed by atoms with Gasteiger partial charge in [-0.1, -0.05) is 49.4 Å². The summed E-state index contributed by atoms with van der Waals surface area (Å²) in [5.41, 5.74) is 2.71. The second-order valence-corrected chi connectivity index (χ2v) is 5.55. The molecule has 21 heavy (non-hydrogen) atoms. The summed E-state index contributed by atoms with van der Waals surface area (Å²) in [5, 5.41) is 3.60. The van der Waals surface area contributed by atoms with E-state index in [1.54, 1.807) is 7.11 Å². The fraction of sp³-hybridized carbons (Fsp3) is 0.368. The van der Waals surface area contributed by atoms with E-state index in [-0.39, 0.29) is 0 Å². The first kappa shape index (κ1) is 15.6. The summed E-state index contributed by atoms with van der Waals surface area (Å²) in [7, 11) is 1.70. The van der Waals surface area contributed by atoms with E-state index in [0.717, 1.165) is 18.7 Å². The van der Waals surface area contributed by atoms with Gasteiger partial charge in [-0.15, -0.1) is 0 Å². The number of rotatable bonds is 7. The molecule has 0 saturated carbocycles. The minimum atomic E-state index is 0.360. The van der Waals surface area contributed by atoms with Gasteiger partial charge in [-0.25, -0.2) is 0 Å². The van der Waals surface area contributed by atoms with Crippen molar-refractivity contribution in [3.05, 3.63) is 65.7 Å². The van der Waals surface area contributed by atoms with Crippen LogP contribution in [-0.4, -0.2) is 13.7 Å². The Kier molecular flexibility index (Phi) is 5.82. The van der Waals surface area contributed by atoms with Crippen molar-refractivity contribution in [2.45, 2.75) is 32.2 Å². The van der Waals surface area contributed by atoms with Crippen molar-refractivity contribution in [2.75, 3.05) is 13.7 Å². The lowest BCUT2D eigenvalue weighted by Crippen LogP contribution is -2.21. The number of hydrogen-bond acceptors (Lipinski definition) is 2. The minimum absolute atomic E-state index is 0.360. The lowest BCUT2D eigenvalue weighted by Gasteiger charge is -2.17. The van der Waals surface area contributed by atoms with E-state index in [1.165, 1.54) is 11.1 Å². The molecule has 2 aromatic carbocycles. The van der Waals surface area contributed by atoms with Crippen LogP contribution in [0.15, 0.2) is 54.6 Å². The van der Waals surface area contributed by atoms with Crippen molar-refractivity contribution in [1.29, 1.82) is 0 Å². The van der Waals surface area contributed by atoms with Gasteiger partial charge in [0, 0.05) is 6.04 Å². The Morgan fingerprint density at radius 3 is 2.19 bits per heavy atom. The second kappa shape index (κ2) is 7.84. The monoisotopic (exact) mass is 283 g/mol. The van der Waals surface area contributed by atoms with Crippen molar-refractivity contribution in [1.82, 2.24) is 5.32 Å². The molecule has 0 aromatic heterocycles. The van der Waals surface area contributed by atoms with Crippen LogP contribution in [0.4, 0.5) is 0 Å². The van der Waals surface area contributed by atoms with Crippen molar-refractivity contribution in [3.63, 3.8) is 0 Å². The molecule has 2 nitrogen and oxygen atoms in total. The molecule has 1 unspecified atom stereocenters. The first-order valence-corrected chi connectivity index (χ1v) is 7.63. The Labute approximate surface area is 128 Å². The highest BCUT2D eigenvalue weighted by atomic mass is 16.5. The lowest BCUT2D eigenvalue weighted by molar-refractivity contribution is 0.414. The molecule has 2 aromatic rings. The Bertz CT molecular complexity index is 521. The van der Waals surface area contributed by atoms with Gasteiger partial charge in [0.1, 0.15) is 5.75 Å². The van der Waals surface area contributed by atoms with Gasteiger partial charge >= 0.3 is 0 Å². The zero-order valence-electron chi connectivity index (χ0n) is 13.2. The van der Waals surface area contributed by atoms with Gasteiger partial charge in [-0.05, 0) is 49.1 Å². The molecule has 0 bridgehead atoms. The van der Waals surface area contributed by atoms with Gasteiger partial charge < -0.3 is 10.1 Å². The average molecular weight is 283 g/mol. The molecule has 0 heterocycles. The van der Waals surface area contributed by atoms with Crippen LogP contribution < -0.4 is 10.1 Å². The Morgan fingerprint density at radius 2 is 1.57 bits per heavy atom. The predicted octanol–water partition coefficient (Wildman–Crippen LogP) is 4.54. The summed E-state index contributed by atoms with van der Waals surface area (Å²) in [6, 6.07) is 19.3. The molecule has 1 N–H and O–H groups in total. The van der Waals surface area contributed by atoms with Gasteiger partial charge in [0.05, 0.1) is 7.11 Å². The Balaban J connectivity index is 1.79. The first-order chi connectivity index (χ1) is 10.2. The van der Waals surface area contributed by atoms with E-state index >= 15 is 0 Å². The minimum Gasteiger partial charge on any atom is -0.497 e. The van der Waals surface area contributed by atoms with Crippen molar-refractivity contribution >= 4 is 0 Å². The van der Waals surface area contributed by atoms with Gasteiger partial charge in [0.15, 0.2) is 0 Å². The topological polar surface area (TPSA) is 21.3 Å². The van der Waals surface area contributed by atoms with Crippen molar-refractivity contribution < 1.29 is 4.74 Å². The zero-order chi connectivity index (χ0) is 15.1.